The van der Waals surface area contributed by atoms with Crippen LogP contribution in [0.25, 0.3) is 10.9 Å². The Hall–Kier alpha value is -1.77. The second kappa shape index (κ2) is 4.41. The molecule has 2 heterocycles. The summed E-state index contributed by atoms with van der Waals surface area (Å²) in [6, 6.07) is 4.27. The van der Waals surface area contributed by atoms with Crippen LogP contribution in [0, 0.1) is 13.8 Å². The molecule has 1 aliphatic heterocycles. The first-order valence-electron chi connectivity index (χ1n) is 6.99. The maximum Gasteiger partial charge on any atom is 0.134 e. The molecule has 3 nitrogen and oxygen atoms in total. The summed E-state index contributed by atoms with van der Waals surface area (Å²) < 4.78 is 0. The van der Waals surface area contributed by atoms with Crippen LogP contribution >= 0.6 is 0 Å². The van der Waals surface area contributed by atoms with Crippen LogP contribution in [0.5, 0.6) is 0 Å². The molecule has 0 bridgehead atoms. The first-order valence-corrected chi connectivity index (χ1v) is 6.99. The Bertz CT molecular complexity index is 646. The largest absolute Gasteiger partial charge is 0.398 e. The van der Waals surface area contributed by atoms with Gasteiger partial charge in [-0.1, -0.05) is 12.1 Å². The molecule has 0 spiro atoms. The lowest BCUT2D eigenvalue weighted by Gasteiger charge is -2.21. The highest BCUT2D eigenvalue weighted by molar-refractivity contribution is 5.98. The van der Waals surface area contributed by atoms with Crippen LogP contribution in [0.3, 0.4) is 0 Å². The van der Waals surface area contributed by atoms with Gasteiger partial charge in [-0.3, -0.25) is 0 Å². The zero-order chi connectivity index (χ0) is 13.6. The van der Waals surface area contributed by atoms with Crippen LogP contribution in [0.4, 0.5) is 11.5 Å². The van der Waals surface area contributed by atoms with E-state index in [1.165, 1.54) is 29.5 Å². The summed E-state index contributed by atoms with van der Waals surface area (Å²) in [5, 5.41) is 1.15. The maximum atomic E-state index is 6.47. The van der Waals surface area contributed by atoms with E-state index in [4.69, 9.17) is 10.7 Å². The third-order valence-corrected chi connectivity index (χ3v) is 4.20. The highest BCUT2D eigenvalue weighted by Crippen LogP contribution is 2.36. The lowest BCUT2D eigenvalue weighted by Crippen LogP contribution is -2.20. The molecule has 0 saturated carbocycles. The second-order valence-electron chi connectivity index (χ2n) is 5.63. The molecule has 0 fully saturated rings. The number of hydrogen-bond donors (Lipinski definition) is 1. The quantitative estimate of drug-likeness (QED) is 0.786. The van der Waals surface area contributed by atoms with E-state index in [1.54, 1.807) is 0 Å². The summed E-state index contributed by atoms with van der Waals surface area (Å²) >= 11 is 0. The van der Waals surface area contributed by atoms with Crippen molar-refractivity contribution in [2.75, 3.05) is 24.2 Å². The summed E-state index contributed by atoms with van der Waals surface area (Å²) in [5.41, 5.74) is 12.1. The maximum absolute atomic E-state index is 6.47. The Morgan fingerprint density at radius 2 is 1.89 bits per heavy atom. The van der Waals surface area contributed by atoms with E-state index >= 15 is 0 Å². The summed E-state index contributed by atoms with van der Waals surface area (Å²) in [4.78, 5) is 7.17. The van der Waals surface area contributed by atoms with Crippen LogP contribution in [0.1, 0.15) is 29.5 Å². The van der Waals surface area contributed by atoms with Gasteiger partial charge in [-0.05, 0) is 44.2 Å². The minimum Gasteiger partial charge on any atom is -0.398 e. The molecule has 100 valence electrons. The lowest BCUT2D eigenvalue weighted by atomic mass is 9.99. The van der Waals surface area contributed by atoms with Crippen molar-refractivity contribution < 1.29 is 0 Å². The first kappa shape index (κ1) is 12.3. The number of benzene rings is 1. The van der Waals surface area contributed by atoms with Crippen molar-refractivity contribution in [1.29, 1.82) is 0 Å². The molecule has 0 unspecified atom stereocenters. The predicted octanol–water partition coefficient (Wildman–Crippen LogP) is 3.21. The highest BCUT2D eigenvalue weighted by atomic mass is 15.2. The van der Waals surface area contributed by atoms with E-state index in [1.807, 2.05) is 0 Å². The van der Waals surface area contributed by atoms with Gasteiger partial charge < -0.3 is 10.6 Å². The molecule has 19 heavy (non-hydrogen) atoms. The fourth-order valence-corrected chi connectivity index (χ4v) is 3.04. The number of hydrogen-bond acceptors (Lipinski definition) is 3. The van der Waals surface area contributed by atoms with Crippen LogP contribution < -0.4 is 10.6 Å². The fraction of sp³-hybridized carbons (Fsp3) is 0.438. The second-order valence-corrected chi connectivity index (χ2v) is 5.63. The van der Waals surface area contributed by atoms with Gasteiger partial charge in [0.05, 0.1) is 5.52 Å². The van der Waals surface area contributed by atoms with E-state index in [0.717, 1.165) is 35.4 Å². The molecule has 0 aliphatic carbocycles. The SMILES string of the molecule is Cc1ccc(C)c2c(N)c3c(nc12)N(C)CCCC3. The first-order chi connectivity index (χ1) is 9.09. The molecule has 1 aromatic carbocycles. The van der Waals surface area contributed by atoms with Gasteiger partial charge in [0.1, 0.15) is 5.82 Å². The average molecular weight is 255 g/mol. The number of anilines is 2. The van der Waals surface area contributed by atoms with Crippen LogP contribution in [-0.2, 0) is 6.42 Å². The average Bonchev–Trinajstić information content (AvgIpc) is 2.57. The standard InChI is InChI=1S/C16H21N3/c1-10-7-8-11(2)15-13(10)14(17)12-6-4-5-9-19(3)16(12)18-15/h7-8H,4-6,9H2,1-3H3,(H2,17,18). The fourth-order valence-electron chi connectivity index (χ4n) is 3.04. The summed E-state index contributed by atoms with van der Waals surface area (Å²) in [6.45, 7) is 5.29. The third kappa shape index (κ3) is 1.84. The molecular weight excluding hydrogens is 234 g/mol. The summed E-state index contributed by atoms with van der Waals surface area (Å²) in [5.74, 6) is 1.08. The normalized spacial score (nSPS) is 15.4. The Morgan fingerprint density at radius 1 is 1.16 bits per heavy atom. The van der Waals surface area contributed by atoms with Crippen molar-refractivity contribution in [3.63, 3.8) is 0 Å². The van der Waals surface area contributed by atoms with Crippen molar-refractivity contribution >= 4 is 22.4 Å². The number of fused-ring (bicyclic) bond motifs is 2. The van der Waals surface area contributed by atoms with Crippen molar-refractivity contribution in [3.8, 4) is 0 Å². The molecule has 2 aromatic rings. The number of nitrogen functional groups attached to an aromatic ring is 1. The molecule has 2 N–H and O–H groups in total. The summed E-state index contributed by atoms with van der Waals surface area (Å²) in [7, 11) is 2.12. The van der Waals surface area contributed by atoms with Gasteiger partial charge >= 0.3 is 0 Å². The van der Waals surface area contributed by atoms with Gasteiger partial charge in [-0.25, -0.2) is 4.98 Å². The van der Waals surface area contributed by atoms with Gasteiger partial charge in [0.25, 0.3) is 0 Å². The van der Waals surface area contributed by atoms with Crippen molar-refractivity contribution in [2.45, 2.75) is 33.1 Å². The number of aryl methyl sites for hydroxylation is 2. The Morgan fingerprint density at radius 3 is 2.68 bits per heavy atom. The Labute approximate surface area is 114 Å². The van der Waals surface area contributed by atoms with Crippen LogP contribution in [0.15, 0.2) is 12.1 Å². The molecule has 0 amide bonds. The van der Waals surface area contributed by atoms with Gasteiger partial charge in [0.2, 0.25) is 0 Å². The van der Waals surface area contributed by atoms with E-state index < -0.39 is 0 Å². The number of nitrogens with two attached hydrogens (primary N) is 1. The zero-order valence-corrected chi connectivity index (χ0v) is 12.0. The molecule has 0 saturated heterocycles. The van der Waals surface area contributed by atoms with E-state index in [-0.39, 0.29) is 0 Å². The summed E-state index contributed by atoms with van der Waals surface area (Å²) in [6.07, 6.45) is 3.45. The van der Waals surface area contributed by atoms with E-state index in [0.29, 0.717) is 0 Å². The third-order valence-electron chi connectivity index (χ3n) is 4.20. The number of aromatic nitrogens is 1. The molecule has 0 radical (unpaired) electrons. The van der Waals surface area contributed by atoms with E-state index in [9.17, 15) is 0 Å². The van der Waals surface area contributed by atoms with Gasteiger partial charge in [-0.2, -0.15) is 0 Å². The lowest BCUT2D eigenvalue weighted by molar-refractivity contribution is 0.749. The topological polar surface area (TPSA) is 42.1 Å². The van der Waals surface area contributed by atoms with Crippen molar-refractivity contribution in [3.05, 3.63) is 28.8 Å². The molecule has 1 aromatic heterocycles. The Balaban J connectivity index is 2.40. The minimum atomic E-state index is 0.940. The van der Waals surface area contributed by atoms with E-state index in [2.05, 4.69) is 37.9 Å². The number of nitrogens with zero attached hydrogens (tertiary/aromatic N) is 2. The number of rotatable bonds is 0. The molecular formula is C16H21N3. The molecule has 3 heteroatoms. The smallest absolute Gasteiger partial charge is 0.134 e. The number of pyridine rings is 1. The Kier molecular flexibility index (Phi) is 2.85. The van der Waals surface area contributed by atoms with Gasteiger partial charge in [0.15, 0.2) is 0 Å². The van der Waals surface area contributed by atoms with Gasteiger partial charge in [-0.15, -0.1) is 0 Å². The zero-order valence-electron chi connectivity index (χ0n) is 12.0. The molecule has 3 rings (SSSR count). The minimum absolute atomic E-state index is 0.940. The molecule has 1 aliphatic rings. The van der Waals surface area contributed by atoms with Crippen LogP contribution in [-0.4, -0.2) is 18.6 Å². The monoisotopic (exact) mass is 255 g/mol. The molecule has 0 atom stereocenters. The van der Waals surface area contributed by atoms with Crippen molar-refractivity contribution in [2.24, 2.45) is 0 Å². The predicted molar refractivity (Wildman–Crippen MR) is 81.8 cm³/mol. The van der Waals surface area contributed by atoms with Crippen molar-refractivity contribution in [1.82, 2.24) is 4.98 Å². The van der Waals surface area contributed by atoms with Crippen LogP contribution in [0.2, 0.25) is 0 Å². The highest BCUT2D eigenvalue weighted by Gasteiger charge is 2.20. The van der Waals surface area contributed by atoms with Gasteiger partial charge in [0, 0.05) is 30.2 Å².